The Bertz CT molecular complexity index is 708. The largest absolute Gasteiger partial charge is 0.497 e. The molecule has 1 saturated heterocycles. The maximum atomic E-state index is 12.9. The van der Waals surface area contributed by atoms with Crippen LogP contribution in [0.4, 0.5) is 10.5 Å². The van der Waals surface area contributed by atoms with Crippen molar-refractivity contribution >= 4 is 17.6 Å². The number of ether oxygens (including phenoxy) is 2. The van der Waals surface area contributed by atoms with Gasteiger partial charge in [0.05, 0.1) is 19.9 Å². The lowest BCUT2D eigenvalue weighted by molar-refractivity contribution is -0.122. The molecule has 30 heavy (non-hydrogen) atoms. The number of methoxy groups -OCH3 is 2. The van der Waals surface area contributed by atoms with Crippen LogP contribution < -0.4 is 19.7 Å². The summed E-state index contributed by atoms with van der Waals surface area (Å²) in [6, 6.07) is 5.22. The van der Waals surface area contributed by atoms with Crippen LogP contribution in [0.25, 0.3) is 0 Å². The molecule has 1 aromatic carbocycles. The van der Waals surface area contributed by atoms with E-state index in [0.29, 0.717) is 30.3 Å². The molecule has 1 aliphatic rings. The number of rotatable bonds is 12. The van der Waals surface area contributed by atoms with Crippen molar-refractivity contribution in [2.24, 2.45) is 0 Å². The molecular weight excluding hydrogens is 384 g/mol. The number of benzene rings is 1. The van der Waals surface area contributed by atoms with Crippen LogP contribution in [0.3, 0.4) is 0 Å². The molecular formula is C22H36N4O4. The minimum Gasteiger partial charge on any atom is -0.497 e. The minimum absolute atomic E-state index is 0.0575. The van der Waals surface area contributed by atoms with E-state index in [1.807, 2.05) is 6.92 Å². The smallest absolute Gasteiger partial charge is 0.325 e. The summed E-state index contributed by atoms with van der Waals surface area (Å²) in [5.41, 5.74) is 0.648. The van der Waals surface area contributed by atoms with E-state index in [-0.39, 0.29) is 24.5 Å². The predicted octanol–water partition coefficient (Wildman–Crippen LogP) is 2.57. The number of anilines is 1. The molecule has 1 aromatic rings. The van der Waals surface area contributed by atoms with Crippen molar-refractivity contribution in [3.05, 3.63) is 18.2 Å². The number of urea groups is 1. The van der Waals surface area contributed by atoms with E-state index in [0.717, 1.165) is 32.5 Å². The zero-order valence-corrected chi connectivity index (χ0v) is 18.9. The molecule has 1 aliphatic heterocycles. The lowest BCUT2D eigenvalue weighted by atomic mass is 10.1. The highest BCUT2D eigenvalue weighted by Gasteiger charge is 2.32. The van der Waals surface area contributed by atoms with Crippen molar-refractivity contribution in [3.8, 4) is 11.5 Å². The summed E-state index contributed by atoms with van der Waals surface area (Å²) >= 11 is 0. The lowest BCUT2D eigenvalue weighted by Crippen LogP contribution is -2.43. The lowest BCUT2D eigenvalue weighted by Gasteiger charge is -2.22. The zero-order valence-electron chi connectivity index (χ0n) is 18.9. The quantitative estimate of drug-likeness (QED) is 0.563. The molecule has 0 aromatic heterocycles. The molecule has 1 unspecified atom stereocenters. The van der Waals surface area contributed by atoms with E-state index in [2.05, 4.69) is 24.1 Å². The van der Waals surface area contributed by atoms with Crippen molar-refractivity contribution in [3.63, 3.8) is 0 Å². The number of nitrogens with one attached hydrogen (secondary N) is 1. The van der Waals surface area contributed by atoms with Gasteiger partial charge in [0.15, 0.2) is 0 Å². The molecule has 168 valence electrons. The molecule has 0 spiro atoms. The molecule has 8 nitrogen and oxygen atoms in total. The Morgan fingerprint density at radius 3 is 2.57 bits per heavy atom. The minimum atomic E-state index is -0.203. The second-order valence-electron chi connectivity index (χ2n) is 7.53. The number of nitrogens with zero attached hydrogens (tertiary/aromatic N) is 3. The fourth-order valence-corrected chi connectivity index (χ4v) is 3.69. The van der Waals surface area contributed by atoms with Crippen molar-refractivity contribution < 1.29 is 19.1 Å². The van der Waals surface area contributed by atoms with Crippen LogP contribution >= 0.6 is 0 Å². The average molecular weight is 421 g/mol. The molecule has 1 fully saturated rings. The monoisotopic (exact) mass is 420 g/mol. The summed E-state index contributed by atoms with van der Waals surface area (Å²) in [7, 11) is 3.15. The van der Waals surface area contributed by atoms with E-state index >= 15 is 0 Å². The average Bonchev–Trinajstić information content (AvgIpc) is 3.10. The van der Waals surface area contributed by atoms with Gasteiger partial charge in [0, 0.05) is 25.2 Å². The van der Waals surface area contributed by atoms with Gasteiger partial charge in [-0.15, -0.1) is 0 Å². The van der Waals surface area contributed by atoms with Crippen molar-refractivity contribution in [1.82, 2.24) is 15.1 Å². The molecule has 1 N–H and O–H groups in total. The topological polar surface area (TPSA) is 74.4 Å². The SMILES string of the molecule is CCN(CC)CCCC(C)NC(=O)CN1CCN(c2cc(OC)ccc2OC)C1=O. The Balaban J connectivity index is 1.87. The molecule has 0 bridgehead atoms. The van der Waals surface area contributed by atoms with Crippen LogP contribution in [0.1, 0.15) is 33.6 Å². The Morgan fingerprint density at radius 2 is 1.93 bits per heavy atom. The summed E-state index contributed by atoms with van der Waals surface area (Å²) in [6.45, 7) is 10.5. The van der Waals surface area contributed by atoms with Gasteiger partial charge in [-0.1, -0.05) is 13.8 Å². The maximum absolute atomic E-state index is 12.9. The highest BCUT2D eigenvalue weighted by molar-refractivity contribution is 5.97. The Hall–Kier alpha value is -2.48. The maximum Gasteiger partial charge on any atom is 0.325 e. The van der Waals surface area contributed by atoms with Gasteiger partial charge in [-0.05, 0) is 51.5 Å². The van der Waals surface area contributed by atoms with E-state index < -0.39 is 0 Å². The molecule has 0 aliphatic carbocycles. The highest BCUT2D eigenvalue weighted by atomic mass is 16.5. The van der Waals surface area contributed by atoms with Crippen LogP contribution in [0.2, 0.25) is 0 Å². The van der Waals surface area contributed by atoms with Crippen LogP contribution in [0.15, 0.2) is 18.2 Å². The van der Waals surface area contributed by atoms with Crippen LogP contribution in [0.5, 0.6) is 11.5 Å². The second-order valence-corrected chi connectivity index (χ2v) is 7.53. The number of amides is 3. The van der Waals surface area contributed by atoms with Gasteiger partial charge in [-0.3, -0.25) is 9.69 Å². The van der Waals surface area contributed by atoms with Crippen LogP contribution in [-0.4, -0.2) is 81.3 Å². The summed E-state index contributed by atoms with van der Waals surface area (Å²) in [4.78, 5) is 30.9. The fraction of sp³-hybridized carbons (Fsp3) is 0.636. The van der Waals surface area contributed by atoms with Gasteiger partial charge in [0.2, 0.25) is 5.91 Å². The second kappa shape index (κ2) is 11.6. The fourth-order valence-electron chi connectivity index (χ4n) is 3.69. The summed E-state index contributed by atoms with van der Waals surface area (Å²) in [5, 5.41) is 3.02. The first-order valence-corrected chi connectivity index (χ1v) is 10.7. The van der Waals surface area contributed by atoms with E-state index in [4.69, 9.17) is 9.47 Å². The molecule has 3 amide bonds. The third-order valence-corrected chi connectivity index (χ3v) is 5.52. The number of carbonyl (C=O) groups is 2. The summed E-state index contributed by atoms with van der Waals surface area (Å²) < 4.78 is 10.7. The van der Waals surface area contributed by atoms with Gasteiger partial charge < -0.3 is 24.6 Å². The van der Waals surface area contributed by atoms with Gasteiger partial charge in [-0.25, -0.2) is 4.79 Å². The summed E-state index contributed by atoms with van der Waals surface area (Å²) in [5.74, 6) is 1.11. The molecule has 1 heterocycles. The Labute approximate surface area is 180 Å². The molecule has 2 rings (SSSR count). The van der Waals surface area contributed by atoms with Gasteiger partial charge in [0.25, 0.3) is 0 Å². The standard InChI is InChI=1S/C22H36N4O4/c1-6-24(7-2)12-8-9-17(3)23-21(27)16-25-13-14-26(22(25)28)19-15-18(29-4)10-11-20(19)30-5/h10-11,15,17H,6-9,12-14,16H2,1-5H3,(H,23,27). The molecule has 0 saturated carbocycles. The molecule has 8 heteroatoms. The number of carbonyl (C=O) groups excluding carboxylic acids is 2. The van der Waals surface area contributed by atoms with E-state index in [1.165, 1.54) is 0 Å². The van der Waals surface area contributed by atoms with Crippen molar-refractivity contribution in [2.75, 3.05) is 58.4 Å². The highest BCUT2D eigenvalue weighted by Crippen LogP contribution is 2.34. The van der Waals surface area contributed by atoms with Gasteiger partial charge in [-0.2, -0.15) is 0 Å². The number of hydrogen-bond acceptors (Lipinski definition) is 5. The Kier molecular flexibility index (Phi) is 9.23. The van der Waals surface area contributed by atoms with Crippen LogP contribution in [-0.2, 0) is 4.79 Å². The molecule has 1 atom stereocenters. The summed E-state index contributed by atoms with van der Waals surface area (Å²) in [6.07, 6.45) is 1.96. The number of hydrogen-bond donors (Lipinski definition) is 1. The third kappa shape index (κ3) is 6.26. The van der Waals surface area contributed by atoms with Gasteiger partial charge in [0.1, 0.15) is 18.0 Å². The van der Waals surface area contributed by atoms with Gasteiger partial charge >= 0.3 is 6.03 Å². The molecule has 0 radical (unpaired) electrons. The third-order valence-electron chi connectivity index (χ3n) is 5.52. The normalized spacial score (nSPS) is 14.9. The predicted molar refractivity (Wildman–Crippen MR) is 118 cm³/mol. The Morgan fingerprint density at radius 1 is 1.20 bits per heavy atom. The van der Waals surface area contributed by atoms with E-state index in [9.17, 15) is 9.59 Å². The first-order chi connectivity index (χ1) is 14.4. The van der Waals surface area contributed by atoms with Crippen molar-refractivity contribution in [2.45, 2.75) is 39.7 Å². The van der Waals surface area contributed by atoms with E-state index in [1.54, 1.807) is 42.2 Å². The van der Waals surface area contributed by atoms with Crippen LogP contribution in [0, 0.1) is 0 Å². The first-order valence-electron chi connectivity index (χ1n) is 10.7. The first kappa shape index (κ1) is 23.8. The van der Waals surface area contributed by atoms with Crippen molar-refractivity contribution in [1.29, 1.82) is 0 Å². The zero-order chi connectivity index (χ0) is 22.1.